The van der Waals surface area contributed by atoms with Gasteiger partial charge in [0.05, 0.1) is 0 Å². The Kier molecular flexibility index (Phi) is 5.71. The van der Waals surface area contributed by atoms with Crippen molar-refractivity contribution in [2.45, 2.75) is 46.1 Å². The summed E-state index contributed by atoms with van der Waals surface area (Å²) in [5.74, 6) is 0.818. The molecule has 1 aliphatic heterocycles. The number of nitrogens with zero attached hydrogens (tertiary/aromatic N) is 1. The van der Waals surface area contributed by atoms with Gasteiger partial charge in [-0.2, -0.15) is 0 Å². The minimum absolute atomic E-state index is 0.818. The largest absolute Gasteiger partial charge is 0.371 e. The molecule has 106 valence electrons. The van der Waals surface area contributed by atoms with Crippen molar-refractivity contribution in [1.29, 1.82) is 0 Å². The molecule has 1 aromatic rings. The topological polar surface area (TPSA) is 15.3 Å². The van der Waals surface area contributed by atoms with Crippen molar-refractivity contribution < 1.29 is 0 Å². The molecule has 2 rings (SSSR count). The van der Waals surface area contributed by atoms with E-state index in [2.05, 4.69) is 48.3 Å². The maximum Gasteiger partial charge on any atom is 0.0411 e. The van der Waals surface area contributed by atoms with Crippen LogP contribution in [-0.4, -0.2) is 19.6 Å². The number of hydrogen-bond acceptors (Lipinski definition) is 2. The van der Waals surface area contributed by atoms with Crippen molar-refractivity contribution in [2.75, 3.05) is 24.5 Å². The number of benzene rings is 1. The van der Waals surface area contributed by atoms with Gasteiger partial charge >= 0.3 is 0 Å². The standard InChI is InChI=1S/C17H28N2/c1-3-15(4-2)13-18-14-16-9-5-6-10-17(16)19-11-7-8-12-19/h5-6,9-10,15,18H,3-4,7-8,11-14H2,1-2H3. The third-order valence-electron chi connectivity index (χ3n) is 4.34. The Morgan fingerprint density at radius 3 is 2.47 bits per heavy atom. The second-order valence-electron chi connectivity index (χ2n) is 5.64. The van der Waals surface area contributed by atoms with Gasteiger partial charge in [0.1, 0.15) is 0 Å². The first-order valence-electron chi connectivity index (χ1n) is 7.88. The van der Waals surface area contributed by atoms with E-state index < -0.39 is 0 Å². The highest BCUT2D eigenvalue weighted by Gasteiger charge is 2.15. The molecule has 0 aliphatic carbocycles. The third-order valence-corrected chi connectivity index (χ3v) is 4.34. The van der Waals surface area contributed by atoms with Crippen LogP contribution >= 0.6 is 0 Å². The van der Waals surface area contributed by atoms with Crippen LogP contribution in [0.3, 0.4) is 0 Å². The van der Waals surface area contributed by atoms with Gasteiger partial charge < -0.3 is 10.2 Å². The molecule has 1 heterocycles. The molecule has 19 heavy (non-hydrogen) atoms. The van der Waals surface area contributed by atoms with E-state index in [1.807, 2.05) is 0 Å². The van der Waals surface area contributed by atoms with Gasteiger partial charge in [0.15, 0.2) is 0 Å². The van der Waals surface area contributed by atoms with Crippen molar-refractivity contribution in [2.24, 2.45) is 5.92 Å². The highest BCUT2D eigenvalue weighted by atomic mass is 15.1. The molecule has 1 fully saturated rings. The van der Waals surface area contributed by atoms with Crippen molar-refractivity contribution >= 4 is 5.69 Å². The van der Waals surface area contributed by atoms with Crippen LogP contribution in [0.1, 0.15) is 45.1 Å². The molecule has 0 bridgehead atoms. The minimum Gasteiger partial charge on any atom is -0.371 e. The van der Waals surface area contributed by atoms with Crippen LogP contribution in [0.5, 0.6) is 0 Å². The number of anilines is 1. The fraction of sp³-hybridized carbons (Fsp3) is 0.647. The summed E-state index contributed by atoms with van der Waals surface area (Å²) in [5.41, 5.74) is 2.90. The number of nitrogens with one attached hydrogen (secondary N) is 1. The Morgan fingerprint density at radius 2 is 1.79 bits per heavy atom. The Balaban J connectivity index is 1.92. The van der Waals surface area contributed by atoms with Gasteiger partial charge in [-0.15, -0.1) is 0 Å². The zero-order valence-corrected chi connectivity index (χ0v) is 12.5. The lowest BCUT2D eigenvalue weighted by Crippen LogP contribution is -2.24. The molecule has 0 atom stereocenters. The van der Waals surface area contributed by atoms with Crippen LogP contribution in [0.15, 0.2) is 24.3 Å². The summed E-state index contributed by atoms with van der Waals surface area (Å²) < 4.78 is 0. The van der Waals surface area contributed by atoms with Crippen LogP contribution < -0.4 is 10.2 Å². The Hall–Kier alpha value is -1.02. The summed E-state index contributed by atoms with van der Waals surface area (Å²) in [6.45, 7) is 9.17. The molecule has 1 N–H and O–H groups in total. The summed E-state index contributed by atoms with van der Waals surface area (Å²) in [6, 6.07) is 8.87. The molecule has 2 heteroatoms. The van der Waals surface area contributed by atoms with Gasteiger partial charge in [0.2, 0.25) is 0 Å². The van der Waals surface area contributed by atoms with Gasteiger partial charge in [0, 0.05) is 25.3 Å². The normalized spacial score (nSPS) is 15.4. The van der Waals surface area contributed by atoms with Crippen LogP contribution in [0.2, 0.25) is 0 Å². The molecule has 0 unspecified atom stereocenters. The number of rotatable bonds is 7. The van der Waals surface area contributed by atoms with Crippen molar-refractivity contribution in [1.82, 2.24) is 5.32 Å². The zero-order valence-electron chi connectivity index (χ0n) is 12.5. The lowest BCUT2D eigenvalue weighted by atomic mass is 10.0. The molecule has 0 aromatic heterocycles. The summed E-state index contributed by atoms with van der Waals surface area (Å²) >= 11 is 0. The molecular weight excluding hydrogens is 232 g/mol. The van der Waals surface area contributed by atoms with Gasteiger partial charge in [-0.05, 0) is 36.9 Å². The van der Waals surface area contributed by atoms with E-state index in [1.54, 1.807) is 0 Å². The highest BCUT2D eigenvalue weighted by molar-refractivity contribution is 5.54. The molecule has 0 amide bonds. The Labute approximate surface area is 118 Å². The van der Waals surface area contributed by atoms with E-state index in [1.165, 1.54) is 50.0 Å². The van der Waals surface area contributed by atoms with Gasteiger partial charge in [-0.3, -0.25) is 0 Å². The molecule has 0 saturated carbocycles. The van der Waals surface area contributed by atoms with E-state index in [0.29, 0.717) is 0 Å². The summed E-state index contributed by atoms with van der Waals surface area (Å²) in [5, 5.41) is 3.64. The third kappa shape index (κ3) is 3.97. The van der Waals surface area contributed by atoms with E-state index in [4.69, 9.17) is 0 Å². The first kappa shape index (κ1) is 14.4. The predicted octanol–water partition coefficient (Wildman–Crippen LogP) is 3.81. The van der Waals surface area contributed by atoms with Crippen LogP contribution in [0.25, 0.3) is 0 Å². The summed E-state index contributed by atoms with van der Waals surface area (Å²) in [7, 11) is 0. The summed E-state index contributed by atoms with van der Waals surface area (Å²) in [4.78, 5) is 2.54. The maximum atomic E-state index is 3.64. The van der Waals surface area contributed by atoms with Crippen molar-refractivity contribution in [3.63, 3.8) is 0 Å². The second-order valence-corrected chi connectivity index (χ2v) is 5.64. The SMILES string of the molecule is CCC(CC)CNCc1ccccc1N1CCCC1. The van der Waals surface area contributed by atoms with Gasteiger partial charge in [0.25, 0.3) is 0 Å². The Morgan fingerprint density at radius 1 is 1.11 bits per heavy atom. The molecule has 1 aromatic carbocycles. The fourth-order valence-electron chi connectivity index (χ4n) is 2.92. The number of para-hydroxylation sites is 1. The molecule has 1 aliphatic rings. The molecule has 2 nitrogen and oxygen atoms in total. The molecular formula is C17H28N2. The highest BCUT2D eigenvalue weighted by Crippen LogP contribution is 2.24. The average Bonchev–Trinajstić information content (AvgIpc) is 2.98. The zero-order chi connectivity index (χ0) is 13.5. The smallest absolute Gasteiger partial charge is 0.0411 e. The van der Waals surface area contributed by atoms with E-state index >= 15 is 0 Å². The first-order chi connectivity index (χ1) is 9.35. The molecule has 0 radical (unpaired) electrons. The van der Waals surface area contributed by atoms with Crippen molar-refractivity contribution in [3.8, 4) is 0 Å². The predicted molar refractivity (Wildman–Crippen MR) is 83.7 cm³/mol. The fourth-order valence-corrected chi connectivity index (χ4v) is 2.92. The maximum absolute atomic E-state index is 3.64. The molecule has 0 spiro atoms. The lowest BCUT2D eigenvalue weighted by molar-refractivity contribution is 0.449. The monoisotopic (exact) mass is 260 g/mol. The van der Waals surface area contributed by atoms with Crippen LogP contribution in [0, 0.1) is 5.92 Å². The summed E-state index contributed by atoms with van der Waals surface area (Å²) in [6.07, 6.45) is 5.24. The average molecular weight is 260 g/mol. The van der Waals surface area contributed by atoms with Gasteiger partial charge in [-0.25, -0.2) is 0 Å². The number of hydrogen-bond donors (Lipinski definition) is 1. The second kappa shape index (κ2) is 7.54. The first-order valence-corrected chi connectivity index (χ1v) is 7.88. The van der Waals surface area contributed by atoms with E-state index in [9.17, 15) is 0 Å². The van der Waals surface area contributed by atoms with E-state index in [0.717, 1.165) is 19.0 Å². The lowest BCUT2D eigenvalue weighted by Gasteiger charge is -2.22. The van der Waals surface area contributed by atoms with Crippen molar-refractivity contribution in [3.05, 3.63) is 29.8 Å². The van der Waals surface area contributed by atoms with Crippen LogP contribution in [0.4, 0.5) is 5.69 Å². The van der Waals surface area contributed by atoms with E-state index in [-0.39, 0.29) is 0 Å². The van der Waals surface area contributed by atoms with Crippen LogP contribution in [-0.2, 0) is 6.54 Å². The quantitative estimate of drug-likeness (QED) is 0.802. The Bertz CT molecular complexity index is 365. The van der Waals surface area contributed by atoms with Gasteiger partial charge in [-0.1, -0.05) is 44.9 Å². The molecule has 1 saturated heterocycles. The minimum atomic E-state index is 0.818.